The highest BCUT2D eigenvalue weighted by molar-refractivity contribution is 7.32. The van der Waals surface area contributed by atoms with Crippen LogP contribution < -0.4 is 10.4 Å². The first kappa shape index (κ1) is 14.8. The molecule has 0 aromatic heterocycles. The quantitative estimate of drug-likeness (QED) is 0.617. The van der Waals surface area contributed by atoms with Gasteiger partial charge in [0.15, 0.2) is 0 Å². The summed E-state index contributed by atoms with van der Waals surface area (Å²) in [5.74, 6) is 0. The highest BCUT2D eigenvalue weighted by Crippen LogP contribution is 2.21. The molecule has 2 atom stereocenters. The van der Waals surface area contributed by atoms with E-state index in [0.717, 1.165) is 10.4 Å². The average molecular weight is 327 g/mol. The maximum absolute atomic E-state index is 6.66. The highest BCUT2D eigenvalue weighted by Gasteiger charge is 2.40. The van der Waals surface area contributed by atoms with Crippen LogP contribution in [0.5, 0.6) is 0 Å². The molecule has 0 N–H and O–H groups in total. The Labute approximate surface area is 125 Å². The van der Waals surface area contributed by atoms with Gasteiger partial charge in [-0.05, 0) is 23.5 Å². The average Bonchev–Trinajstić information content (AvgIpc) is 2.40. The molecule has 19 heavy (non-hydrogen) atoms. The van der Waals surface area contributed by atoms with E-state index in [1.165, 1.54) is 0 Å². The van der Waals surface area contributed by atoms with E-state index < -0.39 is 15.3 Å². The lowest BCUT2D eigenvalue weighted by Gasteiger charge is -2.30. The molecule has 0 saturated heterocycles. The zero-order valence-corrected chi connectivity index (χ0v) is 14.4. The van der Waals surface area contributed by atoms with Gasteiger partial charge < -0.3 is 4.12 Å². The third kappa shape index (κ3) is 3.71. The monoisotopic (exact) mass is 326 g/mol. The Morgan fingerprint density at radius 1 is 0.684 bits per heavy atom. The molecule has 0 aliphatic heterocycles. The van der Waals surface area contributed by atoms with Crippen molar-refractivity contribution in [1.29, 1.82) is 0 Å². The van der Waals surface area contributed by atoms with Gasteiger partial charge >= 0.3 is 15.3 Å². The Morgan fingerprint density at radius 2 is 1.00 bits per heavy atom. The zero-order chi connectivity index (χ0) is 13.9. The summed E-state index contributed by atoms with van der Waals surface area (Å²) in [6.07, 6.45) is 0. The lowest BCUT2D eigenvalue weighted by atomic mass is 10.4. The first-order chi connectivity index (χ1) is 8.92. The Bertz CT molecular complexity index is 480. The Hall–Kier alpha value is -0.586. The fourth-order valence-electron chi connectivity index (χ4n) is 1.95. The number of hydrogen-bond donors (Lipinski definition) is 0. The van der Waals surface area contributed by atoms with Crippen molar-refractivity contribution in [3.05, 3.63) is 60.7 Å². The van der Waals surface area contributed by atoms with Crippen LogP contribution in [-0.2, 0) is 4.12 Å². The lowest BCUT2D eigenvalue weighted by molar-refractivity contribution is 0.602. The van der Waals surface area contributed by atoms with Crippen LogP contribution in [0.2, 0.25) is 13.1 Å². The maximum Gasteiger partial charge on any atom is 0.310 e. The van der Waals surface area contributed by atoms with Gasteiger partial charge in [0.1, 0.15) is 0 Å². The van der Waals surface area contributed by atoms with Crippen molar-refractivity contribution in [1.82, 2.24) is 0 Å². The summed E-state index contributed by atoms with van der Waals surface area (Å²) in [6.45, 7) is 3.95. The number of benzene rings is 2. The largest absolute Gasteiger partial charge is 0.427 e. The van der Waals surface area contributed by atoms with E-state index >= 15 is 0 Å². The van der Waals surface area contributed by atoms with Crippen LogP contribution >= 0.6 is 22.2 Å². The second-order valence-electron chi connectivity index (χ2n) is 4.67. The minimum atomic E-state index is -2.50. The maximum atomic E-state index is 6.66. The van der Waals surface area contributed by atoms with Gasteiger partial charge in [-0.3, -0.25) is 0 Å². The molecular weight excluding hydrogens is 311 g/mol. The standard InChI is InChI=1S/C14H16Cl2OSi2/c1-18(15,13-9-5-3-6-10-13)17-19(2,16)14-11-7-4-8-12-14/h3-12H,1-2H3/t18-,19+. The fourth-order valence-corrected chi connectivity index (χ4v) is 11.2. The molecular formula is C14H16Cl2OSi2. The Morgan fingerprint density at radius 3 is 1.32 bits per heavy atom. The Kier molecular flexibility index (Phi) is 4.53. The van der Waals surface area contributed by atoms with Crippen LogP contribution in [0, 0.1) is 0 Å². The van der Waals surface area contributed by atoms with Crippen LogP contribution in [0.3, 0.4) is 0 Å². The molecule has 2 aromatic carbocycles. The van der Waals surface area contributed by atoms with Gasteiger partial charge in [-0.2, -0.15) is 0 Å². The summed E-state index contributed by atoms with van der Waals surface area (Å²) in [4.78, 5) is 0. The van der Waals surface area contributed by atoms with Gasteiger partial charge in [-0.25, -0.2) is 0 Å². The first-order valence-corrected chi connectivity index (χ1v) is 12.9. The predicted octanol–water partition coefficient (Wildman–Crippen LogP) is 3.44. The molecule has 0 unspecified atom stereocenters. The van der Waals surface area contributed by atoms with E-state index in [2.05, 4.69) is 0 Å². The molecule has 0 fully saturated rings. The minimum absolute atomic E-state index is 1.05. The van der Waals surface area contributed by atoms with E-state index in [0.29, 0.717) is 0 Å². The minimum Gasteiger partial charge on any atom is -0.427 e. The molecule has 0 saturated carbocycles. The molecule has 5 heteroatoms. The highest BCUT2D eigenvalue weighted by atomic mass is 35.6. The van der Waals surface area contributed by atoms with Crippen LogP contribution in [0.1, 0.15) is 0 Å². The summed E-state index contributed by atoms with van der Waals surface area (Å²) < 4.78 is 6.21. The van der Waals surface area contributed by atoms with Crippen molar-refractivity contribution in [2.45, 2.75) is 13.1 Å². The van der Waals surface area contributed by atoms with Crippen molar-refractivity contribution in [2.24, 2.45) is 0 Å². The SMILES string of the molecule is C[Si@](Cl)(O[Si@@](C)(Cl)c1ccccc1)c1ccccc1. The molecule has 2 rings (SSSR count). The third-order valence-corrected chi connectivity index (χ3v) is 11.5. The van der Waals surface area contributed by atoms with Crippen LogP contribution in [0.15, 0.2) is 60.7 Å². The van der Waals surface area contributed by atoms with Crippen LogP contribution in [0.25, 0.3) is 0 Å². The number of hydrogen-bond acceptors (Lipinski definition) is 1. The van der Waals surface area contributed by atoms with Crippen molar-refractivity contribution in [3.8, 4) is 0 Å². The van der Waals surface area contributed by atoms with E-state index in [-0.39, 0.29) is 0 Å². The van der Waals surface area contributed by atoms with E-state index in [4.69, 9.17) is 26.3 Å². The van der Waals surface area contributed by atoms with E-state index in [1.807, 2.05) is 73.8 Å². The smallest absolute Gasteiger partial charge is 0.310 e. The van der Waals surface area contributed by atoms with Gasteiger partial charge in [-0.15, -0.1) is 22.2 Å². The topological polar surface area (TPSA) is 9.23 Å². The van der Waals surface area contributed by atoms with Crippen molar-refractivity contribution < 1.29 is 4.12 Å². The molecule has 0 aliphatic rings. The molecule has 0 spiro atoms. The first-order valence-electron chi connectivity index (χ1n) is 6.11. The molecule has 0 aliphatic carbocycles. The molecule has 1 nitrogen and oxygen atoms in total. The van der Waals surface area contributed by atoms with Gasteiger partial charge in [0.05, 0.1) is 0 Å². The van der Waals surface area contributed by atoms with Gasteiger partial charge in [0.2, 0.25) is 0 Å². The van der Waals surface area contributed by atoms with Gasteiger partial charge in [0.25, 0.3) is 0 Å². The fraction of sp³-hybridized carbons (Fsp3) is 0.143. The normalized spacial score (nSPS) is 17.5. The summed E-state index contributed by atoms with van der Waals surface area (Å²) in [6, 6.07) is 19.9. The Balaban J connectivity index is 2.25. The van der Waals surface area contributed by atoms with E-state index in [9.17, 15) is 0 Å². The number of rotatable bonds is 4. The second kappa shape index (κ2) is 5.81. The van der Waals surface area contributed by atoms with Crippen LogP contribution in [-0.4, -0.2) is 15.3 Å². The molecule has 100 valence electrons. The van der Waals surface area contributed by atoms with Gasteiger partial charge in [0, 0.05) is 0 Å². The van der Waals surface area contributed by atoms with E-state index in [1.54, 1.807) is 0 Å². The summed E-state index contributed by atoms with van der Waals surface area (Å²) in [5.41, 5.74) is 0. The summed E-state index contributed by atoms with van der Waals surface area (Å²) >= 11 is 13.3. The molecule has 0 radical (unpaired) electrons. The van der Waals surface area contributed by atoms with Crippen LogP contribution in [0.4, 0.5) is 0 Å². The molecule has 0 amide bonds. The van der Waals surface area contributed by atoms with Crippen molar-refractivity contribution in [3.63, 3.8) is 0 Å². The van der Waals surface area contributed by atoms with Gasteiger partial charge in [-0.1, -0.05) is 60.7 Å². The third-order valence-electron chi connectivity index (χ3n) is 2.96. The lowest BCUT2D eigenvalue weighted by Crippen LogP contribution is -2.55. The van der Waals surface area contributed by atoms with Crippen molar-refractivity contribution in [2.75, 3.05) is 0 Å². The molecule has 0 heterocycles. The zero-order valence-electron chi connectivity index (χ0n) is 10.9. The number of halogens is 2. The second-order valence-corrected chi connectivity index (χ2v) is 14.6. The molecule has 2 aromatic rings. The van der Waals surface area contributed by atoms with Crippen molar-refractivity contribution >= 4 is 47.8 Å². The molecule has 0 bridgehead atoms. The summed E-state index contributed by atoms with van der Waals surface area (Å²) in [7, 11) is -4.99. The predicted molar refractivity (Wildman–Crippen MR) is 88.2 cm³/mol. The summed E-state index contributed by atoms with van der Waals surface area (Å²) in [5, 5.41) is 2.10.